The first-order chi connectivity index (χ1) is 14.5. The van der Waals surface area contributed by atoms with Crippen LogP contribution in [0.2, 0.25) is 18.1 Å². The zero-order valence-corrected chi connectivity index (χ0v) is 19.6. The van der Waals surface area contributed by atoms with E-state index in [2.05, 4.69) is 49.1 Å². The number of nitrogens with one attached hydrogen (secondary N) is 2. The number of primary amides is 1. The molecular weight excluding hydrogens is 410 g/mol. The molecular formula is C22H29N5O3Si. The molecule has 4 rings (SSSR count). The molecule has 0 aliphatic carbocycles. The third-order valence-corrected chi connectivity index (χ3v) is 10.7. The van der Waals surface area contributed by atoms with E-state index in [-0.39, 0.29) is 5.04 Å². The van der Waals surface area contributed by atoms with Crippen LogP contribution in [0.3, 0.4) is 0 Å². The van der Waals surface area contributed by atoms with E-state index < -0.39 is 19.9 Å². The van der Waals surface area contributed by atoms with E-state index in [4.69, 9.17) is 19.9 Å². The molecule has 0 aromatic carbocycles. The molecule has 0 radical (unpaired) electrons. The van der Waals surface area contributed by atoms with Crippen LogP contribution in [0.25, 0.3) is 22.2 Å². The van der Waals surface area contributed by atoms with E-state index in [0.29, 0.717) is 19.0 Å². The second-order valence-corrected chi connectivity index (χ2v) is 14.3. The lowest BCUT2D eigenvalue weighted by molar-refractivity contribution is -0.176. The summed E-state index contributed by atoms with van der Waals surface area (Å²) in [5, 5.41) is 3.50. The van der Waals surface area contributed by atoms with Gasteiger partial charge < -0.3 is 19.9 Å². The minimum atomic E-state index is -2.03. The SMILES string of the molecule is CC(C)(C)[Si](C)(C)OC1(c2cccc(-c3c[nH]c4cnc(NC(N)=O)cc34)n2)COC1. The third-order valence-electron chi connectivity index (χ3n) is 6.24. The van der Waals surface area contributed by atoms with Gasteiger partial charge >= 0.3 is 6.03 Å². The number of carbonyl (C=O) groups excluding carboxylic acids is 1. The number of nitrogens with two attached hydrogens (primary N) is 1. The van der Waals surface area contributed by atoms with Crippen molar-refractivity contribution >= 4 is 31.1 Å². The van der Waals surface area contributed by atoms with Crippen LogP contribution in [0, 0.1) is 0 Å². The molecule has 3 aromatic heterocycles. The van der Waals surface area contributed by atoms with Crippen LogP contribution < -0.4 is 11.1 Å². The van der Waals surface area contributed by atoms with Crippen molar-refractivity contribution in [3.63, 3.8) is 0 Å². The van der Waals surface area contributed by atoms with Gasteiger partial charge in [-0.05, 0) is 36.3 Å². The number of hydrogen-bond acceptors (Lipinski definition) is 5. The summed E-state index contributed by atoms with van der Waals surface area (Å²) in [5.41, 5.74) is 8.15. The van der Waals surface area contributed by atoms with Crippen molar-refractivity contribution in [1.29, 1.82) is 0 Å². The van der Waals surface area contributed by atoms with Crippen molar-refractivity contribution in [1.82, 2.24) is 15.0 Å². The zero-order chi connectivity index (χ0) is 22.4. The average Bonchev–Trinajstić information content (AvgIpc) is 3.06. The van der Waals surface area contributed by atoms with Crippen LogP contribution in [-0.4, -0.2) is 42.5 Å². The summed E-state index contributed by atoms with van der Waals surface area (Å²) in [4.78, 5) is 23.6. The summed E-state index contributed by atoms with van der Waals surface area (Å²) in [6.45, 7) is 12.2. The molecule has 0 spiro atoms. The number of ether oxygens (including phenoxy) is 1. The molecule has 0 bridgehead atoms. The highest BCUT2D eigenvalue weighted by Crippen LogP contribution is 2.44. The minimum Gasteiger partial charge on any atom is -0.402 e. The Morgan fingerprint density at radius 3 is 2.68 bits per heavy atom. The van der Waals surface area contributed by atoms with Gasteiger partial charge in [0.05, 0.1) is 36.3 Å². The predicted molar refractivity (Wildman–Crippen MR) is 123 cm³/mol. The molecule has 0 atom stereocenters. The van der Waals surface area contributed by atoms with Gasteiger partial charge in [0, 0.05) is 17.1 Å². The molecule has 31 heavy (non-hydrogen) atoms. The van der Waals surface area contributed by atoms with Gasteiger partial charge in [0.15, 0.2) is 8.32 Å². The summed E-state index contributed by atoms with van der Waals surface area (Å²) in [5.74, 6) is 0.391. The van der Waals surface area contributed by atoms with Gasteiger partial charge in [0.2, 0.25) is 0 Å². The molecule has 0 saturated carbocycles. The van der Waals surface area contributed by atoms with Gasteiger partial charge in [0.1, 0.15) is 11.4 Å². The summed E-state index contributed by atoms with van der Waals surface area (Å²) >= 11 is 0. The molecule has 1 saturated heterocycles. The molecule has 1 fully saturated rings. The summed E-state index contributed by atoms with van der Waals surface area (Å²) < 4.78 is 12.4. The topological polar surface area (TPSA) is 115 Å². The number of pyridine rings is 2. The molecule has 164 valence electrons. The Morgan fingerprint density at radius 2 is 2.06 bits per heavy atom. The molecule has 8 nitrogen and oxygen atoms in total. The number of H-pyrrole nitrogens is 1. The minimum absolute atomic E-state index is 0.0842. The van der Waals surface area contributed by atoms with E-state index in [1.54, 1.807) is 12.3 Å². The quantitative estimate of drug-likeness (QED) is 0.511. The van der Waals surface area contributed by atoms with Crippen molar-refractivity contribution in [2.45, 2.75) is 44.5 Å². The van der Waals surface area contributed by atoms with Crippen molar-refractivity contribution in [3.05, 3.63) is 42.4 Å². The number of nitrogens with zero attached hydrogens (tertiary/aromatic N) is 2. The zero-order valence-electron chi connectivity index (χ0n) is 18.6. The number of fused-ring (bicyclic) bond motifs is 1. The lowest BCUT2D eigenvalue weighted by Crippen LogP contribution is -2.57. The number of hydrogen-bond donors (Lipinski definition) is 3. The highest BCUT2D eigenvalue weighted by atomic mass is 28.4. The number of anilines is 1. The van der Waals surface area contributed by atoms with Crippen LogP contribution in [0.5, 0.6) is 0 Å². The average molecular weight is 440 g/mol. The van der Waals surface area contributed by atoms with Crippen molar-refractivity contribution < 1.29 is 14.0 Å². The Morgan fingerprint density at radius 1 is 1.32 bits per heavy atom. The van der Waals surface area contributed by atoms with Crippen LogP contribution >= 0.6 is 0 Å². The molecule has 2 amide bonds. The third kappa shape index (κ3) is 3.96. The summed E-state index contributed by atoms with van der Waals surface area (Å²) in [6.07, 6.45) is 3.56. The smallest absolute Gasteiger partial charge is 0.317 e. The molecule has 4 N–H and O–H groups in total. The monoisotopic (exact) mass is 439 g/mol. The summed E-state index contributed by atoms with van der Waals surface area (Å²) in [7, 11) is -2.03. The van der Waals surface area contributed by atoms with Gasteiger partial charge in [-0.3, -0.25) is 5.32 Å². The fraction of sp³-hybridized carbons (Fsp3) is 0.409. The van der Waals surface area contributed by atoms with E-state index in [1.807, 2.05) is 24.4 Å². The number of carbonyl (C=O) groups is 1. The number of rotatable bonds is 5. The van der Waals surface area contributed by atoms with Crippen molar-refractivity contribution in [2.75, 3.05) is 18.5 Å². The lowest BCUT2D eigenvalue weighted by atomic mass is 9.96. The van der Waals surface area contributed by atoms with E-state index in [0.717, 1.165) is 27.9 Å². The van der Waals surface area contributed by atoms with Crippen LogP contribution in [0.15, 0.2) is 36.7 Å². The van der Waals surface area contributed by atoms with Gasteiger partial charge in [-0.25, -0.2) is 14.8 Å². The second kappa shape index (κ2) is 7.43. The van der Waals surface area contributed by atoms with E-state index >= 15 is 0 Å². The van der Waals surface area contributed by atoms with Crippen molar-refractivity contribution in [2.24, 2.45) is 5.73 Å². The summed E-state index contributed by atoms with van der Waals surface area (Å²) in [6, 6.07) is 7.10. The number of aromatic nitrogens is 3. The molecule has 9 heteroatoms. The molecule has 1 aliphatic heterocycles. The number of aromatic amines is 1. The Kier molecular flexibility index (Phi) is 5.15. The first kappa shape index (κ1) is 21.5. The fourth-order valence-electron chi connectivity index (χ4n) is 3.45. The van der Waals surface area contributed by atoms with Crippen LogP contribution in [0.1, 0.15) is 26.5 Å². The lowest BCUT2D eigenvalue weighted by Gasteiger charge is -2.49. The number of urea groups is 1. The van der Waals surface area contributed by atoms with Gasteiger partial charge in [-0.15, -0.1) is 0 Å². The molecule has 1 aliphatic rings. The Balaban J connectivity index is 1.72. The standard InChI is InChI=1S/C22H29N5O3Si/c1-21(2,3)31(4,5)30-22(12-29-13-22)18-8-6-7-16(26-18)15-10-24-17-11-25-19(9-14(15)17)27-20(23)28/h6-11,24H,12-13H2,1-5H3,(H3,23,25,27,28). The normalized spacial score (nSPS) is 16.2. The first-order valence-corrected chi connectivity index (χ1v) is 13.2. The Bertz CT molecular complexity index is 1130. The van der Waals surface area contributed by atoms with E-state index in [1.165, 1.54) is 0 Å². The highest BCUT2D eigenvalue weighted by molar-refractivity contribution is 6.74. The van der Waals surface area contributed by atoms with Gasteiger partial charge in [-0.2, -0.15) is 0 Å². The van der Waals surface area contributed by atoms with E-state index in [9.17, 15) is 4.79 Å². The van der Waals surface area contributed by atoms with Crippen LogP contribution in [-0.2, 0) is 14.8 Å². The maximum atomic E-state index is 11.2. The molecule has 4 heterocycles. The first-order valence-electron chi connectivity index (χ1n) is 10.3. The number of amides is 2. The molecule has 0 unspecified atom stereocenters. The predicted octanol–water partition coefficient (Wildman–Crippen LogP) is 4.36. The van der Waals surface area contributed by atoms with Crippen LogP contribution in [0.4, 0.5) is 10.6 Å². The molecule has 3 aromatic rings. The van der Waals surface area contributed by atoms with Gasteiger partial charge in [-0.1, -0.05) is 26.8 Å². The maximum absolute atomic E-state index is 11.2. The maximum Gasteiger partial charge on any atom is 0.317 e. The van der Waals surface area contributed by atoms with Crippen molar-refractivity contribution in [3.8, 4) is 11.3 Å². The Hall–Kier alpha value is -2.75. The largest absolute Gasteiger partial charge is 0.402 e. The second-order valence-electron chi connectivity index (χ2n) is 9.56. The Labute approximate surface area is 182 Å². The highest BCUT2D eigenvalue weighted by Gasteiger charge is 2.50. The van der Waals surface area contributed by atoms with Gasteiger partial charge in [0.25, 0.3) is 0 Å². The fourth-order valence-corrected chi connectivity index (χ4v) is 4.96.